The minimum atomic E-state index is -0.797. The first kappa shape index (κ1) is 21.4. The Morgan fingerprint density at radius 3 is 2.84 bits per heavy atom. The molecule has 4 heterocycles. The van der Waals surface area contributed by atoms with Crippen LogP contribution in [0.2, 0.25) is 0 Å². The fourth-order valence-corrected chi connectivity index (χ4v) is 6.32. The van der Waals surface area contributed by atoms with E-state index in [1.54, 1.807) is 0 Å². The van der Waals surface area contributed by atoms with Gasteiger partial charge in [0.15, 0.2) is 5.69 Å². The number of benzene rings is 1. The van der Waals surface area contributed by atoms with Gasteiger partial charge in [0, 0.05) is 25.4 Å². The van der Waals surface area contributed by atoms with Crippen molar-refractivity contribution >= 4 is 45.3 Å². The Balaban J connectivity index is 1.38. The number of hydrogen-bond acceptors (Lipinski definition) is 8. The third-order valence-corrected chi connectivity index (χ3v) is 8.03. The van der Waals surface area contributed by atoms with Gasteiger partial charge in [-0.3, -0.25) is 9.69 Å². The standard InChI is InChI=1S/C23H24N4O3S2/c1-31-20-18(25-17-8-10-32-19(17)26-20)21(28)30-16-11-15-7-9-23(12-16,22(24)29)27(15)13-14-5-3-2-4-6-14/h2-6,8,10,15-16H,7,9,11-13H2,1H3,(H2,24,29). The highest BCUT2D eigenvalue weighted by atomic mass is 32.2. The molecule has 1 amide bonds. The van der Waals surface area contributed by atoms with Crippen LogP contribution in [0.4, 0.5) is 0 Å². The van der Waals surface area contributed by atoms with Crippen molar-refractivity contribution in [3.63, 3.8) is 0 Å². The Labute approximate surface area is 194 Å². The Morgan fingerprint density at radius 2 is 2.09 bits per heavy atom. The Bertz CT molecular complexity index is 1170. The van der Waals surface area contributed by atoms with Crippen LogP contribution in [0.15, 0.2) is 46.8 Å². The fraction of sp³-hybridized carbons (Fsp3) is 0.391. The topological polar surface area (TPSA) is 98.4 Å². The van der Waals surface area contributed by atoms with Crippen molar-refractivity contribution in [3.8, 4) is 0 Å². The molecular weight excluding hydrogens is 444 g/mol. The van der Waals surface area contributed by atoms with Crippen molar-refractivity contribution < 1.29 is 14.3 Å². The number of primary amides is 1. The van der Waals surface area contributed by atoms with Gasteiger partial charge in [0.2, 0.25) is 5.91 Å². The summed E-state index contributed by atoms with van der Waals surface area (Å²) in [5, 5.41) is 2.46. The lowest BCUT2D eigenvalue weighted by Gasteiger charge is -2.45. The molecule has 2 aliphatic rings. The lowest BCUT2D eigenvalue weighted by atomic mass is 9.85. The number of esters is 1. The number of thiophene rings is 1. The predicted octanol–water partition coefficient (Wildman–Crippen LogP) is 3.62. The monoisotopic (exact) mass is 468 g/mol. The number of thioether (sulfide) groups is 1. The van der Waals surface area contributed by atoms with Gasteiger partial charge in [0.25, 0.3) is 0 Å². The minimum Gasteiger partial charge on any atom is -0.457 e. The van der Waals surface area contributed by atoms with Gasteiger partial charge in [-0.25, -0.2) is 14.8 Å². The van der Waals surface area contributed by atoms with Crippen LogP contribution in [-0.4, -0.2) is 50.7 Å². The van der Waals surface area contributed by atoms with E-state index >= 15 is 0 Å². The summed E-state index contributed by atoms with van der Waals surface area (Å²) in [6.07, 6.45) is 4.11. The van der Waals surface area contributed by atoms with E-state index in [9.17, 15) is 9.59 Å². The molecule has 0 spiro atoms. The number of hydrogen-bond donors (Lipinski definition) is 1. The molecule has 2 fully saturated rings. The van der Waals surface area contributed by atoms with Crippen molar-refractivity contribution in [2.45, 2.75) is 54.9 Å². The first-order valence-electron chi connectivity index (χ1n) is 10.6. The third kappa shape index (κ3) is 3.68. The summed E-state index contributed by atoms with van der Waals surface area (Å²) in [5.74, 6) is -0.837. The van der Waals surface area contributed by atoms with Crippen LogP contribution in [0, 0.1) is 0 Å². The number of rotatable bonds is 6. The Kier molecular flexibility index (Phi) is 5.65. The van der Waals surface area contributed by atoms with E-state index in [2.05, 4.69) is 27.0 Å². The third-order valence-electron chi connectivity index (χ3n) is 6.56. The maximum atomic E-state index is 13.1. The molecular formula is C23H24N4O3S2. The Morgan fingerprint density at radius 1 is 1.28 bits per heavy atom. The number of nitrogens with two attached hydrogens (primary N) is 1. The number of fused-ring (bicyclic) bond motifs is 3. The normalized spacial score (nSPS) is 25.2. The first-order valence-corrected chi connectivity index (χ1v) is 12.7. The molecule has 0 radical (unpaired) electrons. The summed E-state index contributed by atoms with van der Waals surface area (Å²) in [6, 6.07) is 12.1. The molecule has 2 N–H and O–H groups in total. The zero-order chi connectivity index (χ0) is 22.3. The molecule has 0 saturated carbocycles. The minimum absolute atomic E-state index is 0.139. The van der Waals surface area contributed by atoms with Crippen LogP contribution in [-0.2, 0) is 16.1 Å². The highest BCUT2D eigenvalue weighted by Gasteiger charge is 2.56. The molecule has 32 heavy (non-hydrogen) atoms. The lowest BCUT2D eigenvalue weighted by molar-refractivity contribution is -0.136. The van der Waals surface area contributed by atoms with Gasteiger partial charge in [-0.15, -0.1) is 23.1 Å². The van der Waals surface area contributed by atoms with E-state index < -0.39 is 11.5 Å². The summed E-state index contributed by atoms with van der Waals surface area (Å²) >= 11 is 2.86. The molecule has 3 atom stereocenters. The quantitative estimate of drug-likeness (QED) is 0.436. The highest BCUT2D eigenvalue weighted by Crippen LogP contribution is 2.46. The summed E-state index contributed by atoms with van der Waals surface area (Å²) in [4.78, 5) is 37.8. The number of carbonyl (C=O) groups is 2. The summed E-state index contributed by atoms with van der Waals surface area (Å²) in [7, 11) is 0. The van der Waals surface area contributed by atoms with Crippen LogP contribution < -0.4 is 5.73 Å². The van der Waals surface area contributed by atoms with Crippen LogP contribution >= 0.6 is 23.1 Å². The molecule has 2 saturated heterocycles. The maximum Gasteiger partial charge on any atom is 0.360 e. The number of carbonyl (C=O) groups excluding carboxylic acids is 2. The molecule has 9 heteroatoms. The molecule has 5 rings (SSSR count). The number of amides is 1. The van der Waals surface area contributed by atoms with Gasteiger partial charge in [-0.05, 0) is 36.1 Å². The van der Waals surface area contributed by atoms with E-state index in [4.69, 9.17) is 10.5 Å². The molecule has 3 aromatic rings. The predicted molar refractivity (Wildman–Crippen MR) is 125 cm³/mol. The van der Waals surface area contributed by atoms with Gasteiger partial charge in [0.1, 0.15) is 27.0 Å². The highest BCUT2D eigenvalue weighted by molar-refractivity contribution is 7.98. The van der Waals surface area contributed by atoms with Gasteiger partial charge in [-0.1, -0.05) is 30.3 Å². The van der Waals surface area contributed by atoms with E-state index in [0.717, 1.165) is 16.8 Å². The smallest absolute Gasteiger partial charge is 0.360 e. The van der Waals surface area contributed by atoms with E-state index in [0.29, 0.717) is 36.3 Å². The summed E-state index contributed by atoms with van der Waals surface area (Å²) < 4.78 is 5.91. The van der Waals surface area contributed by atoms with Gasteiger partial charge >= 0.3 is 5.97 Å². The van der Waals surface area contributed by atoms with Gasteiger partial charge < -0.3 is 10.5 Å². The van der Waals surface area contributed by atoms with Crippen molar-refractivity contribution in [3.05, 3.63) is 53.0 Å². The number of nitrogens with zero attached hydrogens (tertiary/aromatic N) is 3. The number of ether oxygens (including phenoxy) is 1. The average Bonchev–Trinajstić information content (AvgIpc) is 3.33. The maximum absolute atomic E-state index is 13.1. The summed E-state index contributed by atoms with van der Waals surface area (Å²) in [5.41, 5.74) is 7.20. The second-order valence-corrected chi connectivity index (χ2v) is 10.1. The zero-order valence-electron chi connectivity index (χ0n) is 17.7. The molecule has 0 aliphatic carbocycles. The SMILES string of the molecule is CSc1nc2sccc2nc1C(=O)OC1CC2CCC(C(N)=O)(C1)N2Cc1ccccc1. The van der Waals surface area contributed by atoms with Crippen LogP contribution in [0.25, 0.3) is 10.3 Å². The van der Waals surface area contributed by atoms with Crippen molar-refractivity contribution in [2.24, 2.45) is 5.73 Å². The molecule has 2 bridgehead atoms. The van der Waals surface area contributed by atoms with Crippen LogP contribution in [0.3, 0.4) is 0 Å². The molecule has 7 nitrogen and oxygen atoms in total. The Hall–Kier alpha value is -2.49. The molecule has 3 unspecified atom stereocenters. The van der Waals surface area contributed by atoms with E-state index in [1.807, 2.05) is 35.9 Å². The largest absolute Gasteiger partial charge is 0.457 e. The van der Waals surface area contributed by atoms with E-state index in [1.165, 1.54) is 23.1 Å². The molecule has 166 valence electrons. The van der Waals surface area contributed by atoms with Gasteiger partial charge in [0.05, 0.1) is 0 Å². The van der Waals surface area contributed by atoms with Gasteiger partial charge in [-0.2, -0.15) is 0 Å². The van der Waals surface area contributed by atoms with Crippen molar-refractivity contribution in [1.82, 2.24) is 14.9 Å². The molecule has 2 aromatic heterocycles. The van der Waals surface area contributed by atoms with Crippen LogP contribution in [0.5, 0.6) is 0 Å². The number of piperidine rings is 1. The summed E-state index contributed by atoms with van der Waals surface area (Å²) in [6.45, 7) is 0.659. The van der Waals surface area contributed by atoms with Crippen molar-refractivity contribution in [2.75, 3.05) is 6.26 Å². The molecule has 2 aliphatic heterocycles. The average molecular weight is 469 g/mol. The number of aromatic nitrogens is 2. The fourth-order valence-electron chi connectivity index (χ4n) is 5.06. The second-order valence-electron chi connectivity index (χ2n) is 8.36. The second kappa shape index (κ2) is 8.46. The zero-order valence-corrected chi connectivity index (χ0v) is 19.3. The van der Waals surface area contributed by atoms with Crippen LogP contribution in [0.1, 0.15) is 41.7 Å². The lowest BCUT2D eigenvalue weighted by Crippen LogP contribution is -2.60. The van der Waals surface area contributed by atoms with E-state index in [-0.39, 0.29) is 23.7 Å². The first-order chi connectivity index (χ1) is 15.5. The van der Waals surface area contributed by atoms with Crippen molar-refractivity contribution in [1.29, 1.82) is 0 Å². The molecule has 1 aromatic carbocycles.